The molecule has 3 aromatic rings. The number of thiophene rings is 1. The van der Waals surface area contributed by atoms with E-state index >= 15 is 0 Å². The van der Waals surface area contributed by atoms with Gasteiger partial charge >= 0.3 is 5.97 Å². The fraction of sp³-hybridized carbons (Fsp3) is 0.158. The summed E-state index contributed by atoms with van der Waals surface area (Å²) in [6.45, 7) is 1.49. The first-order valence-corrected chi connectivity index (χ1v) is 10.1. The number of hydrogen-bond acceptors (Lipinski definition) is 7. The number of rotatable bonds is 7. The van der Waals surface area contributed by atoms with Crippen LogP contribution in [0.4, 0.5) is 5.69 Å². The molecule has 28 heavy (non-hydrogen) atoms. The predicted molar refractivity (Wildman–Crippen MR) is 108 cm³/mol. The average Bonchev–Trinajstić information content (AvgIpc) is 3.33. The van der Waals surface area contributed by atoms with Gasteiger partial charge in [0.25, 0.3) is 5.91 Å². The van der Waals surface area contributed by atoms with Crippen LogP contribution in [0.3, 0.4) is 0 Å². The van der Waals surface area contributed by atoms with E-state index in [9.17, 15) is 14.4 Å². The summed E-state index contributed by atoms with van der Waals surface area (Å²) in [4.78, 5) is 40.8. The van der Waals surface area contributed by atoms with E-state index in [1.807, 2.05) is 17.5 Å². The van der Waals surface area contributed by atoms with Crippen LogP contribution in [-0.4, -0.2) is 28.9 Å². The summed E-state index contributed by atoms with van der Waals surface area (Å²) in [5, 5.41) is 7.24. The molecule has 0 aliphatic rings. The van der Waals surface area contributed by atoms with Crippen LogP contribution in [0, 0.1) is 0 Å². The topological polar surface area (TPSA) is 111 Å². The highest BCUT2D eigenvalue weighted by atomic mass is 32.1. The fourth-order valence-electron chi connectivity index (χ4n) is 2.30. The molecule has 7 nitrogen and oxygen atoms in total. The van der Waals surface area contributed by atoms with Crippen molar-refractivity contribution in [2.45, 2.75) is 19.4 Å². The Morgan fingerprint density at radius 3 is 2.57 bits per heavy atom. The van der Waals surface area contributed by atoms with Crippen molar-refractivity contribution in [2.24, 2.45) is 5.73 Å². The second-order valence-electron chi connectivity index (χ2n) is 5.86. The molecule has 0 aliphatic heterocycles. The van der Waals surface area contributed by atoms with Crippen LogP contribution in [0.15, 0.2) is 47.2 Å². The molecule has 2 heterocycles. The molecule has 0 spiro atoms. The predicted octanol–water partition coefficient (Wildman–Crippen LogP) is 3.08. The summed E-state index contributed by atoms with van der Waals surface area (Å²) >= 11 is 3.04. The molecule has 2 amide bonds. The maximum atomic E-state index is 12.2. The normalized spacial score (nSPS) is 11.6. The maximum absolute atomic E-state index is 12.2. The first-order valence-electron chi connectivity index (χ1n) is 8.31. The minimum atomic E-state index is -0.973. The summed E-state index contributed by atoms with van der Waals surface area (Å²) < 4.78 is 5.19. The highest BCUT2D eigenvalue weighted by Crippen LogP contribution is 2.28. The zero-order chi connectivity index (χ0) is 20.1. The van der Waals surface area contributed by atoms with Gasteiger partial charge in [-0.2, -0.15) is 0 Å². The number of esters is 1. The van der Waals surface area contributed by atoms with Gasteiger partial charge in [0.1, 0.15) is 5.01 Å². The van der Waals surface area contributed by atoms with E-state index < -0.39 is 23.9 Å². The third-order valence-electron chi connectivity index (χ3n) is 3.72. The van der Waals surface area contributed by atoms with Gasteiger partial charge in [-0.25, -0.2) is 4.98 Å². The number of nitrogens with two attached hydrogens (primary N) is 1. The van der Waals surface area contributed by atoms with Crippen LogP contribution in [-0.2, 0) is 20.7 Å². The van der Waals surface area contributed by atoms with Crippen LogP contribution in [0.2, 0.25) is 0 Å². The van der Waals surface area contributed by atoms with E-state index in [0.717, 1.165) is 9.88 Å². The number of benzene rings is 1. The van der Waals surface area contributed by atoms with Gasteiger partial charge in [0, 0.05) is 16.6 Å². The second-order valence-corrected chi connectivity index (χ2v) is 7.67. The van der Waals surface area contributed by atoms with Crippen LogP contribution < -0.4 is 11.1 Å². The number of nitrogens with one attached hydrogen (secondary N) is 1. The summed E-state index contributed by atoms with van der Waals surface area (Å²) in [5.41, 5.74) is 6.58. The Hall–Kier alpha value is -3.04. The molecule has 9 heteroatoms. The molecule has 2 aromatic heterocycles. The molecule has 1 aromatic carbocycles. The van der Waals surface area contributed by atoms with Crippen molar-refractivity contribution in [3.63, 3.8) is 0 Å². The standard InChI is InChI=1S/C19H17N3O4S2/c1-11(18(25)21-13-6-4-12(5-7-13)17(20)24)26-16(23)9-14-10-28-19(22-14)15-3-2-8-27-15/h2-8,10-11H,9H2,1H3,(H2,20,24)(H,21,25). The van der Waals surface area contributed by atoms with Crippen LogP contribution in [0.25, 0.3) is 9.88 Å². The van der Waals surface area contributed by atoms with Gasteiger partial charge in [-0.3, -0.25) is 14.4 Å². The number of carbonyl (C=O) groups is 3. The summed E-state index contributed by atoms with van der Waals surface area (Å²) in [6.07, 6.45) is -0.981. The molecule has 0 saturated carbocycles. The number of primary amides is 1. The quantitative estimate of drug-likeness (QED) is 0.576. The largest absolute Gasteiger partial charge is 0.452 e. The van der Waals surface area contributed by atoms with Gasteiger partial charge in [-0.15, -0.1) is 22.7 Å². The number of ether oxygens (including phenoxy) is 1. The molecule has 1 unspecified atom stereocenters. The zero-order valence-corrected chi connectivity index (χ0v) is 16.5. The molecule has 0 radical (unpaired) electrons. The first-order chi connectivity index (χ1) is 13.4. The Bertz CT molecular complexity index is 981. The fourth-order valence-corrected chi connectivity index (χ4v) is 3.94. The molecule has 0 saturated heterocycles. The lowest BCUT2D eigenvalue weighted by Gasteiger charge is -2.13. The summed E-state index contributed by atoms with van der Waals surface area (Å²) in [6, 6.07) is 10.0. The van der Waals surface area contributed by atoms with Crippen molar-refractivity contribution in [1.29, 1.82) is 0 Å². The molecule has 3 N–H and O–H groups in total. The summed E-state index contributed by atoms with van der Waals surface area (Å²) in [5.74, 6) is -1.56. The van der Waals surface area contributed by atoms with E-state index in [1.54, 1.807) is 28.8 Å². The lowest BCUT2D eigenvalue weighted by atomic mass is 10.2. The summed E-state index contributed by atoms with van der Waals surface area (Å²) in [7, 11) is 0. The van der Waals surface area contributed by atoms with Gasteiger partial charge in [0.05, 0.1) is 17.0 Å². The Kier molecular flexibility index (Phi) is 6.17. The van der Waals surface area contributed by atoms with Gasteiger partial charge in [0.2, 0.25) is 5.91 Å². The lowest BCUT2D eigenvalue weighted by molar-refractivity contribution is -0.152. The number of aromatic nitrogens is 1. The van der Waals surface area contributed by atoms with Crippen molar-refractivity contribution in [1.82, 2.24) is 4.98 Å². The molecule has 144 valence electrons. The Morgan fingerprint density at radius 1 is 1.18 bits per heavy atom. The lowest BCUT2D eigenvalue weighted by Crippen LogP contribution is -2.30. The number of thiazole rings is 1. The van der Waals surface area contributed by atoms with Crippen molar-refractivity contribution < 1.29 is 19.1 Å². The van der Waals surface area contributed by atoms with Gasteiger partial charge in [0.15, 0.2) is 6.10 Å². The van der Waals surface area contributed by atoms with Crippen molar-refractivity contribution in [3.8, 4) is 9.88 Å². The number of anilines is 1. The second kappa shape index (κ2) is 8.77. The Balaban J connectivity index is 1.52. The van der Waals surface area contributed by atoms with Crippen LogP contribution >= 0.6 is 22.7 Å². The number of amides is 2. The SMILES string of the molecule is CC(OC(=O)Cc1csc(-c2cccs2)n1)C(=O)Nc1ccc(C(N)=O)cc1. The smallest absolute Gasteiger partial charge is 0.312 e. The minimum absolute atomic E-state index is 0.00714. The van der Waals surface area contributed by atoms with E-state index in [2.05, 4.69) is 10.3 Å². The maximum Gasteiger partial charge on any atom is 0.312 e. The third-order valence-corrected chi connectivity index (χ3v) is 5.65. The average molecular weight is 415 g/mol. The first kappa shape index (κ1) is 19.7. The highest BCUT2D eigenvalue weighted by Gasteiger charge is 2.19. The van der Waals surface area contributed by atoms with E-state index in [-0.39, 0.29) is 6.42 Å². The third kappa shape index (κ3) is 5.02. The number of hydrogen-bond donors (Lipinski definition) is 2. The Morgan fingerprint density at radius 2 is 1.93 bits per heavy atom. The van der Waals surface area contributed by atoms with E-state index in [0.29, 0.717) is 16.9 Å². The van der Waals surface area contributed by atoms with Crippen molar-refractivity contribution in [3.05, 3.63) is 58.4 Å². The monoisotopic (exact) mass is 415 g/mol. The van der Waals surface area contributed by atoms with Gasteiger partial charge in [-0.1, -0.05) is 6.07 Å². The zero-order valence-electron chi connectivity index (χ0n) is 14.9. The van der Waals surface area contributed by atoms with Gasteiger partial charge < -0.3 is 15.8 Å². The molecular weight excluding hydrogens is 398 g/mol. The Labute approximate surface area is 169 Å². The molecule has 0 bridgehead atoms. The molecular formula is C19H17N3O4S2. The molecule has 0 aliphatic carbocycles. The number of carbonyl (C=O) groups excluding carboxylic acids is 3. The van der Waals surface area contributed by atoms with E-state index in [4.69, 9.17) is 10.5 Å². The van der Waals surface area contributed by atoms with Crippen molar-refractivity contribution >= 4 is 46.1 Å². The van der Waals surface area contributed by atoms with Gasteiger partial charge in [-0.05, 0) is 42.6 Å². The van der Waals surface area contributed by atoms with Crippen LogP contribution in [0.1, 0.15) is 23.0 Å². The van der Waals surface area contributed by atoms with Crippen LogP contribution in [0.5, 0.6) is 0 Å². The van der Waals surface area contributed by atoms with E-state index in [1.165, 1.54) is 30.4 Å². The number of nitrogens with zero attached hydrogens (tertiary/aromatic N) is 1. The molecule has 3 rings (SSSR count). The molecule has 0 fully saturated rings. The highest BCUT2D eigenvalue weighted by molar-refractivity contribution is 7.20. The molecule has 1 atom stereocenters. The minimum Gasteiger partial charge on any atom is -0.452 e. The van der Waals surface area contributed by atoms with Crippen molar-refractivity contribution in [2.75, 3.05) is 5.32 Å².